The molecule has 1 unspecified atom stereocenters. The van der Waals surface area contributed by atoms with E-state index >= 15 is 0 Å². The Kier molecular flexibility index (Phi) is 5.34. The number of benzene rings is 2. The lowest BCUT2D eigenvalue weighted by Crippen LogP contribution is -2.25. The summed E-state index contributed by atoms with van der Waals surface area (Å²) in [5.41, 5.74) is 9.42. The van der Waals surface area contributed by atoms with Crippen LogP contribution in [0.3, 0.4) is 0 Å². The van der Waals surface area contributed by atoms with Gasteiger partial charge in [0.25, 0.3) is 0 Å². The van der Waals surface area contributed by atoms with E-state index in [1.165, 1.54) is 0 Å². The van der Waals surface area contributed by atoms with Crippen LogP contribution in [0.1, 0.15) is 16.7 Å². The predicted molar refractivity (Wildman–Crippen MR) is 88.0 cm³/mol. The van der Waals surface area contributed by atoms with Gasteiger partial charge in [0.15, 0.2) is 0 Å². The Morgan fingerprint density at radius 2 is 1.45 bits per heavy atom. The van der Waals surface area contributed by atoms with Crippen molar-refractivity contribution < 1.29 is 0 Å². The van der Waals surface area contributed by atoms with E-state index in [1.807, 2.05) is 37.3 Å². The average molecular weight is 329 g/mol. The Morgan fingerprint density at radius 3 is 2.00 bits per heavy atom. The molecule has 0 saturated heterocycles. The fourth-order valence-electron chi connectivity index (χ4n) is 2.14. The van der Waals surface area contributed by atoms with Crippen LogP contribution in [-0.2, 0) is 12.8 Å². The lowest BCUT2D eigenvalue weighted by atomic mass is 9.99. The molecule has 0 aliphatic heterocycles. The van der Waals surface area contributed by atoms with E-state index in [2.05, 4.69) is 0 Å². The van der Waals surface area contributed by atoms with Crippen LogP contribution in [0.15, 0.2) is 36.4 Å². The van der Waals surface area contributed by atoms with E-state index in [0.29, 0.717) is 16.5 Å². The smallest absolute Gasteiger partial charge is 0.0453 e. The van der Waals surface area contributed by atoms with Gasteiger partial charge in [-0.1, -0.05) is 53.0 Å². The summed E-state index contributed by atoms with van der Waals surface area (Å²) in [6.45, 7) is 2.02. The van der Waals surface area contributed by atoms with Crippen LogP contribution in [0, 0.1) is 6.92 Å². The third-order valence-electron chi connectivity index (χ3n) is 3.19. The fraction of sp³-hybridized carbons (Fsp3) is 0.250. The maximum absolute atomic E-state index is 6.23. The predicted octanol–water partition coefficient (Wildman–Crippen LogP) is 5.07. The second-order valence-electron chi connectivity index (χ2n) is 5.00. The van der Waals surface area contributed by atoms with Gasteiger partial charge < -0.3 is 5.73 Å². The molecule has 2 aromatic rings. The van der Waals surface area contributed by atoms with Crippen LogP contribution in [0.5, 0.6) is 0 Å². The van der Waals surface area contributed by atoms with Crippen LogP contribution in [0.25, 0.3) is 0 Å². The van der Waals surface area contributed by atoms with E-state index in [0.717, 1.165) is 28.1 Å². The van der Waals surface area contributed by atoms with Crippen LogP contribution in [0.2, 0.25) is 15.1 Å². The summed E-state index contributed by atoms with van der Waals surface area (Å²) in [6, 6.07) is 11.5. The number of hydrogen-bond acceptors (Lipinski definition) is 1. The van der Waals surface area contributed by atoms with Crippen molar-refractivity contribution >= 4 is 34.8 Å². The molecule has 0 aromatic heterocycles. The Hall–Kier alpha value is -0.730. The fourth-order valence-corrected chi connectivity index (χ4v) is 2.94. The van der Waals surface area contributed by atoms with Gasteiger partial charge >= 0.3 is 0 Å². The second kappa shape index (κ2) is 6.82. The minimum atomic E-state index is -0.0334. The molecule has 0 amide bonds. The zero-order valence-electron chi connectivity index (χ0n) is 11.2. The average Bonchev–Trinajstić information content (AvgIpc) is 2.36. The Morgan fingerprint density at radius 1 is 0.900 bits per heavy atom. The monoisotopic (exact) mass is 327 g/mol. The Bertz CT molecular complexity index is 557. The molecule has 0 aliphatic rings. The molecule has 106 valence electrons. The van der Waals surface area contributed by atoms with E-state index < -0.39 is 0 Å². The van der Waals surface area contributed by atoms with Gasteiger partial charge in [-0.15, -0.1) is 0 Å². The molecule has 1 atom stereocenters. The number of hydrogen-bond donors (Lipinski definition) is 1. The summed E-state index contributed by atoms with van der Waals surface area (Å²) in [5.74, 6) is 0. The molecule has 2 N–H and O–H groups in total. The summed E-state index contributed by atoms with van der Waals surface area (Å²) in [5, 5.41) is 2.06. The maximum atomic E-state index is 6.23. The van der Waals surface area contributed by atoms with Gasteiger partial charge in [0.2, 0.25) is 0 Å². The van der Waals surface area contributed by atoms with E-state index in [-0.39, 0.29) is 6.04 Å². The van der Waals surface area contributed by atoms with Crippen LogP contribution >= 0.6 is 34.8 Å². The highest BCUT2D eigenvalue weighted by Gasteiger charge is 2.11. The number of halogens is 3. The van der Waals surface area contributed by atoms with E-state index in [9.17, 15) is 0 Å². The van der Waals surface area contributed by atoms with Gasteiger partial charge in [-0.2, -0.15) is 0 Å². The van der Waals surface area contributed by atoms with Crippen molar-refractivity contribution in [1.29, 1.82) is 0 Å². The van der Waals surface area contributed by atoms with E-state index in [1.54, 1.807) is 6.07 Å². The third-order valence-corrected chi connectivity index (χ3v) is 4.13. The van der Waals surface area contributed by atoms with Crippen LogP contribution < -0.4 is 5.73 Å². The van der Waals surface area contributed by atoms with Crippen LogP contribution in [0.4, 0.5) is 0 Å². The van der Waals surface area contributed by atoms with Crippen LogP contribution in [-0.4, -0.2) is 6.04 Å². The maximum Gasteiger partial charge on any atom is 0.0453 e. The van der Waals surface area contributed by atoms with Gasteiger partial charge in [-0.3, -0.25) is 0 Å². The molecule has 0 aliphatic carbocycles. The number of nitrogens with two attached hydrogens (primary N) is 1. The molecule has 2 rings (SSSR count). The van der Waals surface area contributed by atoms with Crippen molar-refractivity contribution in [2.24, 2.45) is 5.73 Å². The molecule has 0 radical (unpaired) electrons. The summed E-state index contributed by atoms with van der Waals surface area (Å²) in [4.78, 5) is 0. The number of rotatable bonds is 4. The lowest BCUT2D eigenvalue weighted by molar-refractivity contribution is 0.665. The van der Waals surface area contributed by atoms with Gasteiger partial charge in [0, 0.05) is 21.1 Å². The summed E-state index contributed by atoms with van der Waals surface area (Å²) >= 11 is 18.3. The highest BCUT2D eigenvalue weighted by Crippen LogP contribution is 2.24. The SMILES string of the molecule is Cc1ccc(CC(N)Cc2ccc(Cl)cc2Cl)c(Cl)c1. The standard InChI is InChI=1S/C16H16Cl3N/c1-10-2-3-11(15(18)6-10)7-14(20)8-12-4-5-13(17)9-16(12)19/h2-6,9,14H,7-8,20H2,1H3. The van der Waals surface area contributed by atoms with Crippen molar-refractivity contribution in [3.63, 3.8) is 0 Å². The second-order valence-corrected chi connectivity index (χ2v) is 6.25. The first-order valence-corrected chi connectivity index (χ1v) is 7.53. The molecule has 20 heavy (non-hydrogen) atoms. The van der Waals surface area contributed by atoms with Crippen molar-refractivity contribution in [2.45, 2.75) is 25.8 Å². The van der Waals surface area contributed by atoms with Crippen molar-refractivity contribution in [1.82, 2.24) is 0 Å². The Labute approximate surface area is 134 Å². The largest absolute Gasteiger partial charge is 0.327 e. The summed E-state index contributed by atoms with van der Waals surface area (Å²) in [7, 11) is 0. The van der Waals surface area contributed by atoms with E-state index in [4.69, 9.17) is 40.5 Å². The summed E-state index contributed by atoms with van der Waals surface area (Å²) < 4.78 is 0. The summed E-state index contributed by atoms with van der Waals surface area (Å²) in [6.07, 6.45) is 1.41. The molecule has 0 spiro atoms. The topological polar surface area (TPSA) is 26.0 Å². The molecule has 0 fully saturated rings. The molecule has 0 heterocycles. The first kappa shape index (κ1) is 15.7. The highest BCUT2D eigenvalue weighted by atomic mass is 35.5. The molecule has 0 bridgehead atoms. The van der Waals surface area contributed by atoms with Gasteiger partial charge in [-0.25, -0.2) is 0 Å². The van der Waals surface area contributed by atoms with Gasteiger partial charge in [-0.05, 0) is 54.7 Å². The Balaban J connectivity index is 2.07. The zero-order valence-corrected chi connectivity index (χ0v) is 13.4. The minimum Gasteiger partial charge on any atom is -0.327 e. The molecule has 1 nitrogen and oxygen atoms in total. The minimum absolute atomic E-state index is 0.0334. The normalized spacial score (nSPS) is 12.4. The van der Waals surface area contributed by atoms with Gasteiger partial charge in [0.05, 0.1) is 0 Å². The third kappa shape index (κ3) is 4.13. The van der Waals surface area contributed by atoms with Crippen molar-refractivity contribution in [3.05, 3.63) is 68.2 Å². The molecular weight excluding hydrogens is 313 g/mol. The zero-order chi connectivity index (χ0) is 14.7. The molecule has 4 heteroatoms. The van der Waals surface area contributed by atoms with Crippen molar-refractivity contribution in [3.8, 4) is 0 Å². The highest BCUT2D eigenvalue weighted by molar-refractivity contribution is 6.35. The molecular formula is C16H16Cl3N. The lowest BCUT2D eigenvalue weighted by Gasteiger charge is -2.14. The van der Waals surface area contributed by atoms with Gasteiger partial charge in [0.1, 0.15) is 0 Å². The molecule has 2 aromatic carbocycles. The first-order chi connectivity index (χ1) is 9.45. The van der Waals surface area contributed by atoms with Crippen molar-refractivity contribution in [2.75, 3.05) is 0 Å². The number of aryl methyl sites for hydroxylation is 1. The molecule has 0 saturated carbocycles. The first-order valence-electron chi connectivity index (χ1n) is 6.40. The quantitative estimate of drug-likeness (QED) is 0.833.